The van der Waals surface area contributed by atoms with Gasteiger partial charge in [-0.2, -0.15) is 0 Å². The molecule has 2 N–H and O–H groups in total. The number of hydrogen-bond donors (Lipinski definition) is 1. The number of Topliss-reactive ketones (excluding diaryl/α,β-unsaturated/α-hetero) is 1. The van der Waals surface area contributed by atoms with E-state index in [4.69, 9.17) is 5.73 Å². The summed E-state index contributed by atoms with van der Waals surface area (Å²) in [6, 6.07) is 7.52. The number of benzene rings is 1. The van der Waals surface area contributed by atoms with Gasteiger partial charge in [0, 0.05) is 18.0 Å². The highest BCUT2D eigenvalue weighted by atomic mass is 16.1. The van der Waals surface area contributed by atoms with Crippen LogP contribution >= 0.6 is 0 Å². The van der Waals surface area contributed by atoms with E-state index < -0.39 is 0 Å². The molecule has 0 aliphatic carbocycles. The van der Waals surface area contributed by atoms with Crippen molar-refractivity contribution in [1.29, 1.82) is 0 Å². The Balaban J connectivity index is 2.65. The van der Waals surface area contributed by atoms with Gasteiger partial charge in [0.2, 0.25) is 0 Å². The number of rotatable bonds is 4. The first-order chi connectivity index (χ1) is 6.63. The smallest absolute Gasteiger partial charge is 0.140 e. The van der Waals surface area contributed by atoms with Gasteiger partial charge in [0.1, 0.15) is 5.78 Å². The van der Waals surface area contributed by atoms with Crippen LogP contribution in [0, 0.1) is 5.92 Å². The SMILES string of the molecule is CCC(C)C(=O)Cc1cccc(N)c1. The van der Waals surface area contributed by atoms with E-state index >= 15 is 0 Å². The molecule has 1 aromatic rings. The lowest BCUT2D eigenvalue weighted by molar-refractivity contribution is -0.121. The number of nitrogens with two attached hydrogens (primary N) is 1. The van der Waals surface area contributed by atoms with Gasteiger partial charge in [-0.05, 0) is 24.1 Å². The van der Waals surface area contributed by atoms with Crippen LogP contribution in [0.3, 0.4) is 0 Å². The van der Waals surface area contributed by atoms with Gasteiger partial charge in [-0.25, -0.2) is 0 Å². The van der Waals surface area contributed by atoms with E-state index in [1.807, 2.05) is 38.1 Å². The number of carbonyl (C=O) groups excluding carboxylic acids is 1. The predicted octanol–water partition coefficient (Wildman–Crippen LogP) is 2.43. The third kappa shape index (κ3) is 2.87. The maximum absolute atomic E-state index is 11.6. The van der Waals surface area contributed by atoms with Crippen LogP contribution in [-0.4, -0.2) is 5.78 Å². The molecule has 0 spiro atoms. The van der Waals surface area contributed by atoms with Crippen molar-refractivity contribution >= 4 is 11.5 Å². The molecule has 0 aliphatic heterocycles. The van der Waals surface area contributed by atoms with E-state index in [0.717, 1.165) is 17.7 Å². The highest BCUT2D eigenvalue weighted by Crippen LogP contribution is 2.11. The molecule has 0 saturated carbocycles. The Morgan fingerprint density at radius 3 is 2.79 bits per heavy atom. The van der Waals surface area contributed by atoms with E-state index in [1.165, 1.54) is 0 Å². The quantitative estimate of drug-likeness (QED) is 0.743. The van der Waals surface area contributed by atoms with Crippen molar-refractivity contribution in [3.63, 3.8) is 0 Å². The summed E-state index contributed by atoms with van der Waals surface area (Å²) >= 11 is 0. The highest BCUT2D eigenvalue weighted by molar-refractivity contribution is 5.83. The molecule has 1 rings (SSSR count). The summed E-state index contributed by atoms with van der Waals surface area (Å²) in [7, 11) is 0. The van der Waals surface area contributed by atoms with Crippen molar-refractivity contribution < 1.29 is 4.79 Å². The minimum Gasteiger partial charge on any atom is -0.399 e. The second-order valence-electron chi connectivity index (χ2n) is 3.70. The number of hydrogen-bond acceptors (Lipinski definition) is 2. The molecule has 1 aromatic carbocycles. The maximum atomic E-state index is 11.6. The Bertz CT molecular complexity index is 320. The lowest BCUT2D eigenvalue weighted by Gasteiger charge is -2.07. The molecule has 1 unspecified atom stereocenters. The van der Waals surface area contributed by atoms with Crippen molar-refractivity contribution in [3.05, 3.63) is 29.8 Å². The first kappa shape index (κ1) is 10.8. The first-order valence-electron chi connectivity index (χ1n) is 5.00. The molecule has 0 amide bonds. The molecule has 0 aliphatic rings. The van der Waals surface area contributed by atoms with Crippen LogP contribution in [0.5, 0.6) is 0 Å². The molecule has 2 heteroatoms. The minimum absolute atomic E-state index is 0.149. The average Bonchev–Trinajstić information content (AvgIpc) is 2.16. The molecular weight excluding hydrogens is 174 g/mol. The average molecular weight is 191 g/mol. The van der Waals surface area contributed by atoms with Crippen LogP contribution in [0.4, 0.5) is 5.69 Å². The molecule has 0 bridgehead atoms. The molecule has 2 nitrogen and oxygen atoms in total. The van der Waals surface area contributed by atoms with Gasteiger partial charge in [-0.1, -0.05) is 26.0 Å². The van der Waals surface area contributed by atoms with Crippen LogP contribution in [0.2, 0.25) is 0 Å². The Labute approximate surface area is 85.1 Å². The lowest BCUT2D eigenvalue weighted by atomic mass is 9.97. The van der Waals surface area contributed by atoms with E-state index in [-0.39, 0.29) is 11.7 Å². The van der Waals surface area contributed by atoms with E-state index in [2.05, 4.69) is 0 Å². The lowest BCUT2D eigenvalue weighted by Crippen LogP contribution is -2.12. The summed E-state index contributed by atoms with van der Waals surface area (Å²) in [5, 5.41) is 0. The zero-order valence-corrected chi connectivity index (χ0v) is 8.79. The second kappa shape index (κ2) is 4.80. The third-order valence-corrected chi connectivity index (χ3v) is 2.49. The molecule has 76 valence electrons. The fourth-order valence-electron chi connectivity index (χ4n) is 1.31. The van der Waals surface area contributed by atoms with Gasteiger partial charge in [-0.3, -0.25) is 4.79 Å². The molecule has 0 fully saturated rings. The van der Waals surface area contributed by atoms with E-state index in [9.17, 15) is 4.79 Å². The molecule has 0 saturated heterocycles. The summed E-state index contributed by atoms with van der Waals surface area (Å²) in [6.07, 6.45) is 1.40. The van der Waals surface area contributed by atoms with Gasteiger partial charge in [0.15, 0.2) is 0 Å². The van der Waals surface area contributed by atoms with Gasteiger partial charge < -0.3 is 5.73 Å². The summed E-state index contributed by atoms with van der Waals surface area (Å²) in [5.41, 5.74) is 7.36. The van der Waals surface area contributed by atoms with Crippen LogP contribution < -0.4 is 5.73 Å². The maximum Gasteiger partial charge on any atom is 0.140 e. The molecule has 0 radical (unpaired) electrons. The summed E-state index contributed by atoms with van der Waals surface area (Å²) in [4.78, 5) is 11.6. The zero-order chi connectivity index (χ0) is 10.6. The van der Waals surface area contributed by atoms with Crippen molar-refractivity contribution in [2.75, 3.05) is 5.73 Å². The van der Waals surface area contributed by atoms with E-state index in [0.29, 0.717) is 6.42 Å². The van der Waals surface area contributed by atoms with Gasteiger partial charge in [0.05, 0.1) is 0 Å². The second-order valence-corrected chi connectivity index (χ2v) is 3.70. The zero-order valence-electron chi connectivity index (χ0n) is 8.79. The molecular formula is C12H17NO. The van der Waals surface area contributed by atoms with Crippen LogP contribution in [0.15, 0.2) is 24.3 Å². The summed E-state index contributed by atoms with van der Waals surface area (Å²) < 4.78 is 0. The van der Waals surface area contributed by atoms with Gasteiger partial charge >= 0.3 is 0 Å². The number of nitrogen functional groups attached to an aromatic ring is 1. The fraction of sp³-hybridized carbons (Fsp3) is 0.417. The number of carbonyl (C=O) groups is 1. The van der Waals surface area contributed by atoms with Crippen molar-refractivity contribution in [1.82, 2.24) is 0 Å². The minimum atomic E-state index is 0.149. The monoisotopic (exact) mass is 191 g/mol. The van der Waals surface area contributed by atoms with Crippen molar-refractivity contribution in [2.45, 2.75) is 26.7 Å². The topological polar surface area (TPSA) is 43.1 Å². The highest BCUT2D eigenvalue weighted by Gasteiger charge is 2.10. The first-order valence-corrected chi connectivity index (χ1v) is 5.00. The van der Waals surface area contributed by atoms with Crippen molar-refractivity contribution in [2.24, 2.45) is 5.92 Å². The van der Waals surface area contributed by atoms with Crippen LogP contribution in [0.25, 0.3) is 0 Å². The Hall–Kier alpha value is -1.31. The summed E-state index contributed by atoms with van der Waals surface area (Å²) in [6.45, 7) is 4.00. The Morgan fingerprint density at radius 1 is 1.50 bits per heavy atom. The number of anilines is 1. The standard InChI is InChI=1S/C12H17NO/c1-3-9(2)12(14)8-10-5-4-6-11(13)7-10/h4-7,9H,3,8,13H2,1-2H3. The number of ketones is 1. The van der Waals surface area contributed by atoms with Gasteiger partial charge in [0.25, 0.3) is 0 Å². The van der Waals surface area contributed by atoms with Crippen LogP contribution in [0.1, 0.15) is 25.8 Å². The Kier molecular flexibility index (Phi) is 3.69. The molecule has 0 aromatic heterocycles. The van der Waals surface area contributed by atoms with Gasteiger partial charge in [-0.15, -0.1) is 0 Å². The molecule has 14 heavy (non-hydrogen) atoms. The van der Waals surface area contributed by atoms with Crippen molar-refractivity contribution in [3.8, 4) is 0 Å². The largest absolute Gasteiger partial charge is 0.399 e. The van der Waals surface area contributed by atoms with E-state index in [1.54, 1.807) is 0 Å². The Morgan fingerprint density at radius 2 is 2.21 bits per heavy atom. The predicted molar refractivity (Wildman–Crippen MR) is 59.0 cm³/mol. The third-order valence-electron chi connectivity index (χ3n) is 2.49. The molecule has 0 heterocycles. The normalized spacial score (nSPS) is 12.4. The fourth-order valence-corrected chi connectivity index (χ4v) is 1.31. The van der Waals surface area contributed by atoms with Crippen LogP contribution in [-0.2, 0) is 11.2 Å². The summed E-state index contributed by atoms with van der Waals surface area (Å²) in [5.74, 6) is 0.439. The molecule has 1 atom stereocenters.